The zero-order valence-corrected chi connectivity index (χ0v) is 8.96. The molecule has 0 aromatic heterocycles. The minimum atomic E-state index is -0.152. The van der Waals surface area contributed by atoms with Crippen LogP contribution in [-0.2, 0) is 0 Å². The van der Waals surface area contributed by atoms with Crippen LogP contribution in [0.4, 0.5) is 0 Å². The first-order valence-electron chi connectivity index (χ1n) is 4.29. The quantitative estimate of drug-likeness (QED) is 0.804. The Morgan fingerprint density at radius 3 is 2.64 bits per heavy atom. The van der Waals surface area contributed by atoms with E-state index in [1.165, 1.54) is 0 Å². The molecule has 3 nitrogen and oxygen atoms in total. The zero-order chi connectivity index (χ0) is 9.68. The van der Waals surface area contributed by atoms with Gasteiger partial charge in [0.15, 0.2) is 0 Å². The molecule has 0 saturated carbocycles. The molecule has 0 aliphatic heterocycles. The monoisotopic (exact) mass is 217 g/mol. The topological polar surface area (TPSA) is 55.5 Å². The SMILES string of the molecule is COc1ccccc1[C@H](N)CCO.Cl. The Morgan fingerprint density at radius 1 is 1.43 bits per heavy atom. The van der Waals surface area contributed by atoms with Crippen LogP contribution in [0.5, 0.6) is 5.75 Å². The van der Waals surface area contributed by atoms with E-state index in [-0.39, 0.29) is 25.1 Å². The van der Waals surface area contributed by atoms with Gasteiger partial charge in [0.05, 0.1) is 7.11 Å². The van der Waals surface area contributed by atoms with Gasteiger partial charge in [0.1, 0.15) is 5.75 Å². The number of hydrogen-bond acceptors (Lipinski definition) is 3. The lowest BCUT2D eigenvalue weighted by molar-refractivity contribution is 0.275. The highest BCUT2D eigenvalue weighted by Crippen LogP contribution is 2.24. The van der Waals surface area contributed by atoms with Crippen molar-refractivity contribution >= 4 is 12.4 Å². The standard InChI is InChI=1S/C10H15NO2.ClH/c1-13-10-5-3-2-4-8(10)9(11)6-7-12;/h2-5,9,12H,6-7,11H2,1H3;1H/t9-;/m1./s1. The molecule has 0 spiro atoms. The first-order valence-corrected chi connectivity index (χ1v) is 4.29. The minimum Gasteiger partial charge on any atom is -0.496 e. The molecule has 1 rings (SSSR count). The van der Waals surface area contributed by atoms with Crippen molar-refractivity contribution in [1.82, 2.24) is 0 Å². The van der Waals surface area contributed by atoms with Crippen molar-refractivity contribution in [3.63, 3.8) is 0 Å². The fourth-order valence-electron chi connectivity index (χ4n) is 1.27. The Labute approximate surface area is 90.3 Å². The third-order valence-electron chi connectivity index (χ3n) is 1.98. The van der Waals surface area contributed by atoms with Gasteiger partial charge in [-0.2, -0.15) is 0 Å². The van der Waals surface area contributed by atoms with Gasteiger partial charge in [-0.3, -0.25) is 0 Å². The molecule has 14 heavy (non-hydrogen) atoms. The molecule has 0 aliphatic rings. The summed E-state index contributed by atoms with van der Waals surface area (Å²) in [5, 5.41) is 8.74. The summed E-state index contributed by atoms with van der Waals surface area (Å²) in [7, 11) is 1.62. The number of aliphatic hydroxyl groups is 1. The Kier molecular flexibility index (Phi) is 6.28. The second-order valence-corrected chi connectivity index (χ2v) is 2.86. The Bertz CT molecular complexity index is 268. The summed E-state index contributed by atoms with van der Waals surface area (Å²) in [6.45, 7) is 0.0964. The smallest absolute Gasteiger partial charge is 0.123 e. The predicted molar refractivity (Wildman–Crippen MR) is 58.9 cm³/mol. The van der Waals surface area contributed by atoms with Gasteiger partial charge in [-0.1, -0.05) is 18.2 Å². The van der Waals surface area contributed by atoms with Gasteiger partial charge >= 0.3 is 0 Å². The highest BCUT2D eigenvalue weighted by atomic mass is 35.5. The molecule has 0 heterocycles. The fourth-order valence-corrected chi connectivity index (χ4v) is 1.27. The van der Waals surface area contributed by atoms with Crippen molar-refractivity contribution in [3.05, 3.63) is 29.8 Å². The molecule has 1 aromatic rings. The van der Waals surface area contributed by atoms with Crippen LogP contribution in [0.25, 0.3) is 0 Å². The maximum atomic E-state index is 8.74. The van der Waals surface area contributed by atoms with E-state index in [1.807, 2.05) is 24.3 Å². The molecule has 1 atom stereocenters. The van der Waals surface area contributed by atoms with Crippen molar-refractivity contribution < 1.29 is 9.84 Å². The van der Waals surface area contributed by atoms with Gasteiger partial charge in [-0.15, -0.1) is 12.4 Å². The van der Waals surface area contributed by atoms with Gasteiger partial charge < -0.3 is 15.6 Å². The van der Waals surface area contributed by atoms with Crippen LogP contribution in [0, 0.1) is 0 Å². The second-order valence-electron chi connectivity index (χ2n) is 2.86. The summed E-state index contributed by atoms with van der Waals surface area (Å²) in [5.41, 5.74) is 6.79. The van der Waals surface area contributed by atoms with Gasteiger partial charge in [-0.25, -0.2) is 0 Å². The number of halogens is 1. The Hall–Kier alpha value is -0.770. The van der Waals surface area contributed by atoms with Crippen LogP contribution in [0.1, 0.15) is 18.0 Å². The first kappa shape index (κ1) is 13.2. The summed E-state index contributed by atoms with van der Waals surface area (Å²) in [5.74, 6) is 0.781. The summed E-state index contributed by atoms with van der Waals surface area (Å²) in [6, 6.07) is 7.44. The van der Waals surface area contributed by atoms with Gasteiger partial charge in [0, 0.05) is 18.2 Å². The summed E-state index contributed by atoms with van der Waals surface area (Å²) in [4.78, 5) is 0. The molecule has 0 amide bonds. The van der Waals surface area contributed by atoms with Crippen LogP contribution in [0.15, 0.2) is 24.3 Å². The number of ether oxygens (including phenoxy) is 1. The predicted octanol–water partition coefficient (Wildman–Crippen LogP) is 1.50. The van der Waals surface area contributed by atoms with Gasteiger partial charge in [-0.05, 0) is 12.5 Å². The third-order valence-corrected chi connectivity index (χ3v) is 1.98. The van der Waals surface area contributed by atoms with Crippen molar-refractivity contribution in [1.29, 1.82) is 0 Å². The average Bonchev–Trinajstić information content (AvgIpc) is 2.18. The molecular weight excluding hydrogens is 202 g/mol. The molecule has 0 aliphatic carbocycles. The fraction of sp³-hybridized carbons (Fsp3) is 0.400. The van der Waals surface area contributed by atoms with Crippen LogP contribution < -0.4 is 10.5 Å². The van der Waals surface area contributed by atoms with E-state index in [2.05, 4.69) is 0 Å². The van der Waals surface area contributed by atoms with Crippen LogP contribution in [-0.4, -0.2) is 18.8 Å². The van der Waals surface area contributed by atoms with Crippen molar-refractivity contribution in [3.8, 4) is 5.75 Å². The summed E-state index contributed by atoms with van der Waals surface area (Å²) < 4.78 is 5.15. The summed E-state index contributed by atoms with van der Waals surface area (Å²) >= 11 is 0. The maximum Gasteiger partial charge on any atom is 0.123 e. The number of para-hydroxylation sites is 1. The molecule has 0 saturated heterocycles. The normalized spacial score (nSPS) is 11.6. The molecule has 0 fully saturated rings. The molecule has 0 radical (unpaired) electrons. The number of benzene rings is 1. The van der Waals surface area contributed by atoms with E-state index >= 15 is 0 Å². The number of nitrogens with two attached hydrogens (primary N) is 1. The van der Waals surface area contributed by atoms with E-state index in [9.17, 15) is 0 Å². The molecule has 4 heteroatoms. The van der Waals surface area contributed by atoms with Gasteiger partial charge in [0.25, 0.3) is 0 Å². The van der Waals surface area contributed by atoms with E-state index in [1.54, 1.807) is 7.11 Å². The molecule has 0 bridgehead atoms. The van der Waals surface area contributed by atoms with Crippen LogP contribution in [0.2, 0.25) is 0 Å². The molecular formula is C10H16ClNO2. The highest BCUT2D eigenvalue weighted by Gasteiger charge is 2.09. The van der Waals surface area contributed by atoms with E-state index < -0.39 is 0 Å². The lowest BCUT2D eigenvalue weighted by atomic mass is 10.0. The Balaban J connectivity index is 0.00000169. The largest absolute Gasteiger partial charge is 0.496 e. The summed E-state index contributed by atoms with van der Waals surface area (Å²) in [6.07, 6.45) is 0.556. The highest BCUT2D eigenvalue weighted by molar-refractivity contribution is 5.85. The molecule has 1 aromatic carbocycles. The number of rotatable bonds is 4. The number of hydrogen-bond donors (Lipinski definition) is 2. The van der Waals surface area contributed by atoms with Crippen molar-refractivity contribution in [2.45, 2.75) is 12.5 Å². The lowest BCUT2D eigenvalue weighted by Crippen LogP contribution is -2.12. The van der Waals surface area contributed by atoms with Crippen LogP contribution >= 0.6 is 12.4 Å². The van der Waals surface area contributed by atoms with E-state index in [0.29, 0.717) is 6.42 Å². The van der Waals surface area contributed by atoms with E-state index in [0.717, 1.165) is 11.3 Å². The number of methoxy groups -OCH3 is 1. The van der Waals surface area contributed by atoms with Gasteiger partial charge in [0.2, 0.25) is 0 Å². The maximum absolute atomic E-state index is 8.74. The second kappa shape index (κ2) is 6.65. The third kappa shape index (κ3) is 3.18. The molecule has 80 valence electrons. The van der Waals surface area contributed by atoms with Crippen molar-refractivity contribution in [2.24, 2.45) is 5.73 Å². The average molecular weight is 218 g/mol. The first-order chi connectivity index (χ1) is 6.29. The Morgan fingerprint density at radius 2 is 2.07 bits per heavy atom. The minimum absolute atomic E-state index is 0. The molecule has 0 unspecified atom stereocenters. The van der Waals surface area contributed by atoms with Crippen LogP contribution in [0.3, 0.4) is 0 Å². The number of aliphatic hydroxyl groups excluding tert-OH is 1. The van der Waals surface area contributed by atoms with E-state index in [4.69, 9.17) is 15.6 Å². The van der Waals surface area contributed by atoms with Crippen molar-refractivity contribution in [2.75, 3.05) is 13.7 Å². The zero-order valence-electron chi connectivity index (χ0n) is 8.14. The lowest BCUT2D eigenvalue weighted by Gasteiger charge is -2.13. The molecule has 3 N–H and O–H groups in total.